The summed E-state index contributed by atoms with van der Waals surface area (Å²) in [5.41, 5.74) is 1.53. The summed E-state index contributed by atoms with van der Waals surface area (Å²) >= 11 is 1.28. The van der Waals surface area contributed by atoms with Gasteiger partial charge in [-0.15, -0.1) is 0 Å². The number of ether oxygens (including phenoxy) is 1. The number of thiazole rings is 1. The monoisotopic (exact) mass is 465 g/mol. The number of carbonyl (C=O) groups is 1. The Labute approximate surface area is 195 Å². The molecule has 0 fully saturated rings. The summed E-state index contributed by atoms with van der Waals surface area (Å²) < 4.78 is 13.3. The van der Waals surface area contributed by atoms with Crippen LogP contribution in [0.3, 0.4) is 0 Å². The molecule has 7 nitrogen and oxygen atoms in total. The molecule has 3 aromatic rings. The smallest absolute Gasteiger partial charge is 0.338 e. The van der Waals surface area contributed by atoms with Crippen LogP contribution in [0.2, 0.25) is 0 Å². The highest BCUT2D eigenvalue weighted by atomic mass is 32.1. The number of aromatic nitrogens is 1. The molecule has 0 N–H and O–H groups in total. The number of benzene rings is 1. The standard InChI is InChI=1S/C25H27N3O4S/c1-5-27(6-2)20-14-13-18(32-20)15-19-23(29)28-22(17-11-9-8-10-12-17)21(24(30)31-7-3)16(4)26-25(28)33-19/h8-15,22H,5-7H2,1-4H3/b19-15-/t22-/m1/s1. The highest BCUT2D eigenvalue weighted by Gasteiger charge is 2.33. The number of anilines is 1. The van der Waals surface area contributed by atoms with Crippen LogP contribution in [0, 0.1) is 0 Å². The van der Waals surface area contributed by atoms with Gasteiger partial charge in [-0.05, 0) is 39.3 Å². The van der Waals surface area contributed by atoms with Crippen LogP contribution in [0.15, 0.2) is 67.9 Å². The van der Waals surface area contributed by atoms with Gasteiger partial charge in [-0.2, -0.15) is 0 Å². The molecule has 0 saturated carbocycles. The van der Waals surface area contributed by atoms with Crippen molar-refractivity contribution in [2.75, 3.05) is 24.6 Å². The highest BCUT2D eigenvalue weighted by Crippen LogP contribution is 2.30. The molecule has 0 spiro atoms. The molecule has 0 amide bonds. The molecular formula is C25H27N3O4S. The Bertz CT molecular complexity index is 1360. The van der Waals surface area contributed by atoms with Gasteiger partial charge in [-0.1, -0.05) is 41.7 Å². The first kappa shape index (κ1) is 22.8. The van der Waals surface area contributed by atoms with Gasteiger partial charge in [-0.3, -0.25) is 9.36 Å². The Kier molecular flexibility index (Phi) is 6.65. The lowest BCUT2D eigenvalue weighted by Crippen LogP contribution is -2.39. The van der Waals surface area contributed by atoms with Crippen LogP contribution in [0.25, 0.3) is 6.08 Å². The number of esters is 1. The summed E-state index contributed by atoms with van der Waals surface area (Å²) in [4.78, 5) is 33.6. The molecule has 1 aromatic carbocycles. The fourth-order valence-corrected chi connectivity index (χ4v) is 5.02. The maximum absolute atomic E-state index is 13.5. The fourth-order valence-electron chi connectivity index (χ4n) is 4.00. The number of fused-ring (bicyclic) bond motifs is 1. The molecule has 0 radical (unpaired) electrons. The quantitative estimate of drug-likeness (QED) is 0.501. The van der Waals surface area contributed by atoms with Crippen molar-refractivity contribution in [3.8, 4) is 0 Å². The summed E-state index contributed by atoms with van der Waals surface area (Å²) in [6, 6.07) is 12.7. The topological polar surface area (TPSA) is 77.0 Å². The van der Waals surface area contributed by atoms with Crippen molar-refractivity contribution >= 4 is 29.3 Å². The van der Waals surface area contributed by atoms with Gasteiger partial charge in [0.1, 0.15) is 5.76 Å². The van der Waals surface area contributed by atoms with E-state index in [1.807, 2.05) is 42.5 Å². The third-order valence-electron chi connectivity index (χ3n) is 5.59. The minimum atomic E-state index is -0.605. The number of hydrogen-bond donors (Lipinski definition) is 0. The molecule has 172 valence electrons. The Morgan fingerprint density at radius 2 is 1.91 bits per heavy atom. The Morgan fingerprint density at radius 3 is 2.58 bits per heavy atom. The third kappa shape index (κ3) is 4.30. The van der Waals surface area contributed by atoms with Gasteiger partial charge < -0.3 is 14.1 Å². The molecule has 1 atom stereocenters. The van der Waals surface area contributed by atoms with Crippen LogP contribution < -0.4 is 19.8 Å². The van der Waals surface area contributed by atoms with E-state index in [4.69, 9.17) is 9.15 Å². The lowest BCUT2D eigenvalue weighted by Gasteiger charge is -2.24. The van der Waals surface area contributed by atoms with Gasteiger partial charge in [0, 0.05) is 25.2 Å². The maximum atomic E-state index is 13.5. The zero-order valence-electron chi connectivity index (χ0n) is 19.2. The average Bonchev–Trinajstić information content (AvgIpc) is 3.39. The highest BCUT2D eigenvalue weighted by molar-refractivity contribution is 7.07. The molecule has 8 heteroatoms. The molecule has 33 heavy (non-hydrogen) atoms. The minimum absolute atomic E-state index is 0.220. The van der Waals surface area contributed by atoms with Gasteiger partial charge in [-0.25, -0.2) is 9.79 Å². The van der Waals surface area contributed by atoms with Gasteiger partial charge in [0.15, 0.2) is 10.7 Å². The first-order valence-corrected chi connectivity index (χ1v) is 11.9. The van der Waals surface area contributed by atoms with Crippen molar-refractivity contribution in [2.24, 2.45) is 4.99 Å². The van der Waals surface area contributed by atoms with Gasteiger partial charge >= 0.3 is 5.97 Å². The second kappa shape index (κ2) is 9.62. The SMILES string of the molecule is CCOC(=O)C1=C(C)N=c2s/c(=C\c3ccc(N(CC)CC)o3)c(=O)n2[C@@H]1c1ccccc1. The van der Waals surface area contributed by atoms with E-state index in [1.165, 1.54) is 11.3 Å². The first-order valence-electron chi connectivity index (χ1n) is 11.1. The van der Waals surface area contributed by atoms with E-state index in [2.05, 4.69) is 23.7 Å². The molecule has 0 unspecified atom stereocenters. The van der Waals surface area contributed by atoms with E-state index in [-0.39, 0.29) is 12.2 Å². The molecule has 4 rings (SSSR count). The molecule has 3 heterocycles. The van der Waals surface area contributed by atoms with Crippen LogP contribution >= 0.6 is 11.3 Å². The second-order valence-corrected chi connectivity index (χ2v) is 8.57. The summed E-state index contributed by atoms with van der Waals surface area (Å²) in [6.45, 7) is 9.58. The van der Waals surface area contributed by atoms with Crippen molar-refractivity contribution in [1.29, 1.82) is 0 Å². The van der Waals surface area contributed by atoms with Crippen LogP contribution in [0.1, 0.15) is 45.1 Å². The second-order valence-electron chi connectivity index (χ2n) is 7.56. The molecule has 0 aliphatic carbocycles. The van der Waals surface area contributed by atoms with Crippen molar-refractivity contribution in [1.82, 2.24) is 4.57 Å². The first-order chi connectivity index (χ1) is 16.0. The molecule has 0 bridgehead atoms. The number of rotatable bonds is 7. The minimum Gasteiger partial charge on any atom is -0.463 e. The predicted octanol–water partition coefficient (Wildman–Crippen LogP) is 3.24. The molecule has 1 aliphatic heterocycles. The average molecular weight is 466 g/mol. The van der Waals surface area contributed by atoms with Crippen molar-refractivity contribution in [3.63, 3.8) is 0 Å². The van der Waals surface area contributed by atoms with Crippen LogP contribution in [0.5, 0.6) is 0 Å². The van der Waals surface area contributed by atoms with Crippen LogP contribution in [-0.4, -0.2) is 30.2 Å². The van der Waals surface area contributed by atoms with Crippen LogP contribution in [-0.2, 0) is 9.53 Å². The predicted molar refractivity (Wildman–Crippen MR) is 129 cm³/mol. The largest absolute Gasteiger partial charge is 0.463 e. The summed E-state index contributed by atoms with van der Waals surface area (Å²) in [5.74, 6) is 0.901. The Hall–Kier alpha value is -3.39. The van der Waals surface area contributed by atoms with E-state index in [0.717, 1.165) is 24.5 Å². The Morgan fingerprint density at radius 1 is 1.18 bits per heavy atom. The van der Waals surface area contributed by atoms with Gasteiger partial charge in [0.2, 0.25) is 0 Å². The molecular weight excluding hydrogens is 438 g/mol. The van der Waals surface area contributed by atoms with Gasteiger partial charge in [0.25, 0.3) is 5.56 Å². The maximum Gasteiger partial charge on any atom is 0.338 e. The summed E-state index contributed by atoms with van der Waals surface area (Å²) in [5, 5.41) is 0. The zero-order valence-corrected chi connectivity index (χ0v) is 20.0. The number of carbonyl (C=O) groups excluding carboxylic acids is 1. The number of nitrogens with zero attached hydrogens (tertiary/aromatic N) is 3. The van der Waals surface area contributed by atoms with E-state index in [1.54, 1.807) is 24.5 Å². The van der Waals surface area contributed by atoms with Gasteiger partial charge in [0.05, 0.1) is 28.5 Å². The van der Waals surface area contributed by atoms with E-state index in [0.29, 0.717) is 26.4 Å². The Balaban J connectivity index is 1.87. The number of hydrogen-bond acceptors (Lipinski definition) is 7. The van der Waals surface area contributed by atoms with Crippen molar-refractivity contribution < 1.29 is 13.9 Å². The summed E-state index contributed by atoms with van der Waals surface area (Å²) in [6.07, 6.45) is 1.74. The third-order valence-corrected chi connectivity index (χ3v) is 6.58. The lowest BCUT2D eigenvalue weighted by molar-refractivity contribution is -0.139. The summed E-state index contributed by atoms with van der Waals surface area (Å²) in [7, 11) is 0. The number of furan rings is 1. The molecule has 1 aliphatic rings. The molecule has 0 saturated heterocycles. The van der Waals surface area contributed by atoms with Crippen molar-refractivity contribution in [3.05, 3.63) is 84.7 Å². The normalized spacial score (nSPS) is 15.9. The van der Waals surface area contributed by atoms with Crippen molar-refractivity contribution in [2.45, 2.75) is 33.7 Å². The van der Waals surface area contributed by atoms with E-state index in [9.17, 15) is 9.59 Å². The van der Waals surface area contributed by atoms with E-state index < -0.39 is 12.0 Å². The number of allylic oxidation sites excluding steroid dienone is 1. The molecule has 2 aromatic heterocycles. The lowest BCUT2D eigenvalue weighted by atomic mass is 9.96. The van der Waals surface area contributed by atoms with E-state index >= 15 is 0 Å². The zero-order chi connectivity index (χ0) is 23.5. The van der Waals surface area contributed by atoms with Crippen LogP contribution in [0.4, 0.5) is 5.88 Å². The fraction of sp³-hybridized carbons (Fsp3) is 0.320.